The molecule has 2 aromatic heterocycles. The Morgan fingerprint density at radius 1 is 1.03 bits per heavy atom. The van der Waals surface area contributed by atoms with Crippen molar-refractivity contribution in [1.82, 2.24) is 14.8 Å². The number of amides is 1. The average molecular weight is 464 g/mol. The molecule has 1 amide bonds. The number of anilines is 2. The highest BCUT2D eigenvalue weighted by Gasteiger charge is 2.19. The smallest absolute Gasteiger partial charge is 0.256 e. The first-order valence-electron chi connectivity index (χ1n) is 10.6. The van der Waals surface area contributed by atoms with E-state index in [4.69, 9.17) is 4.98 Å². The fraction of sp³-hybridized carbons (Fsp3) is 0.208. The maximum Gasteiger partial charge on any atom is 0.256 e. The second-order valence-electron chi connectivity index (χ2n) is 7.78. The molecule has 0 fully saturated rings. The highest BCUT2D eigenvalue weighted by atomic mass is 32.2. The molecule has 0 spiro atoms. The van der Waals surface area contributed by atoms with E-state index in [1.165, 1.54) is 0 Å². The minimum atomic E-state index is -3.38. The molecule has 0 bridgehead atoms. The van der Waals surface area contributed by atoms with Crippen molar-refractivity contribution in [3.63, 3.8) is 0 Å². The highest BCUT2D eigenvalue weighted by Crippen LogP contribution is 2.27. The molecule has 2 N–H and O–H groups in total. The summed E-state index contributed by atoms with van der Waals surface area (Å²) in [5, 5.41) is 8.04. The third-order valence-corrected chi connectivity index (χ3v) is 6.66. The maximum atomic E-state index is 13.3. The fourth-order valence-corrected chi connectivity index (χ4v) is 4.83. The van der Waals surface area contributed by atoms with Crippen molar-refractivity contribution >= 4 is 38.3 Å². The fourth-order valence-electron chi connectivity index (χ4n) is 3.70. The summed E-state index contributed by atoms with van der Waals surface area (Å²) in [6, 6.07) is 18.0. The van der Waals surface area contributed by atoms with Crippen LogP contribution in [0.25, 0.3) is 22.3 Å². The van der Waals surface area contributed by atoms with Crippen molar-refractivity contribution < 1.29 is 13.2 Å². The number of hydrogen-bond acceptors (Lipinski definition) is 5. The zero-order valence-corrected chi connectivity index (χ0v) is 19.5. The second-order valence-corrected chi connectivity index (χ2v) is 9.62. The molecule has 4 aromatic rings. The molecule has 33 heavy (non-hydrogen) atoms. The van der Waals surface area contributed by atoms with Crippen LogP contribution in [0.4, 0.5) is 11.4 Å². The standard InChI is InChI=1S/C24H25N5O3S/c1-4-14-33(31,32)28-19-12-10-18(11-13-19)25-24(30)20-15-21(17-8-6-5-7-9-17)26-23-22(20)16(2)27-29(23)3/h5-13,15,28H,4,14H2,1-3H3,(H,25,30). The molecule has 0 atom stereocenters. The van der Waals surface area contributed by atoms with Crippen LogP contribution in [0.1, 0.15) is 29.4 Å². The summed E-state index contributed by atoms with van der Waals surface area (Å²) in [5.41, 5.74) is 4.38. The summed E-state index contributed by atoms with van der Waals surface area (Å²) in [4.78, 5) is 18.0. The van der Waals surface area contributed by atoms with E-state index >= 15 is 0 Å². The number of nitrogens with one attached hydrogen (secondary N) is 2. The minimum absolute atomic E-state index is 0.0533. The molecule has 0 saturated heterocycles. The summed E-state index contributed by atoms with van der Waals surface area (Å²) in [5.74, 6) is -0.243. The number of fused-ring (bicyclic) bond motifs is 1. The summed E-state index contributed by atoms with van der Waals surface area (Å²) < 4.78 is 28.1. The Balaban J connectivity index is 1.65. The van der Waals surface area contributed by atoms with Gasteiger partial charge in [0, 0.05) is 24.0 Å². The molecule has 0 unspecified atom stereocenters. The SMILES string of the molecule is CCCS(=O)(=O)Nc1ccc(NC(=O)c2cc(-c3ccccc3)nc3c2c(C)nn3C)cc1. The maximum absolute atomic E-state index is 13.3. The second kappa shape index (κ2) is 9.03. The predicted octanol–water partition coefficient (Wildman–Crippen LogP) is 4.35. The van der Waals surface area contributed by atoms with Gasteiger partial charge in [0.25, 0.3) is 5.91 Å². The molecule has 9 heteroatoms. The van der Waals surface area contributed by atoms with Gasteiger partial charge in [0.15, 0.2) is 5.65 Å². The van der Waals surface area contributed by atoms with Gasteiger partial charge in [0.2, 0.25) is 10.0 Å². The predicted molar refractivity (Wildman–Crippen MR) is 131 cm³/mol. The quantitative estimate of drug-likeness (QED) is 0.424. The van der Waals surface area contributed by atoms with E-state index in [0.29, 0.717) is 45.8 Å². The van der Waals surface area contributed by atoms with Gasteiger partial charge in [-0.05, 0) is 43.7 Å². The molecule has 0 aliphatic heterocycles. The number of carbonyl (C=O) groups excluding carboxylic acids is 1. The lowest BCUT2D eigenvalue weighted by atomic mass is 10.0. The first-order valence-corrected chi connectivity index (χ1v) is 12.2. The molecule has 170 valence electrons. The van der Waals surface area contributed by atoms with Gasteiger partial charge >= 0.3 is 0 Å². The van der Waals surface area contributed by atoms with E-state index in [2.05, 4.69) is 15.1 Å². The number of sulfonamides is 1. The lowest BCUT2D eigenvalue weighted by Crippen LogP contribution is -2.16. The van der Waals surface area contributed by atoms with Crippen molar-refractivity contribution in [2.24, 2.45) is 7.05 Å². The van der Waals surface area contributed by atoms with Crippen molar-refractivity contribution in [1.29, 1.82) is 0 Å². The molecule has 2 heterocycles. The van der Waals surface area contributed by atoms with E-state index in [-0.39, 0.29) is 11.7 Å². The van der Waals surface area contributed by atoms with Crippen LogP contribution >= 0.6 is 0 Å². The summed E-state index contributed by atoms with van der Waals surface area (Å²) in [7, 11) is -1.57. The monoisotopic (exact) mass is 463 g/mol. The third kappa shape index (κ3) is 4.88. The van der Waals surface area contributed by atoms with Crippen LogP contribution < -0.4 is 10.0 Å². The van der Waals surface area contributed by atoms with Crippen LogP contribution in [0, 0.1) is 6.92 Å². The zero-order valence-electron chi connectivity index (χ0n) is 18.7. The molecule has 0 aliphatic carbocycles. The van der Waals surface area contributed by atoms with Crippen LogP contribution in [-0.4, -0.2) is 34.8 Å². The van der Waals surface area contributed by atoms with E-state index < -0.39 is 10.0 Å². The number of hydrogen-bond donors (Lipinski definition) is 2. The number of nitrogens with zero attached hydrogens (tertiary/aromatic N) is 3. The molecule has 8 nitrogen and oxygen atoms in total. The lowest BCUT2D eigenvalue weighted by Gasteiger charge is -2.11. The molecule has 0 saturated carbocycles. The van der Waals surface area contributed by atoms with Gasteiger partial charge in [-0.2, -0.15) is 5.10 Å². The molecular formula is C24H25N5O3S. The van der Waals surface area contributed by atoms with Crippen LogP contribution in [-0.2, 0) is 17.1 Å². The Morgan fingerprint density at radius 2 is 1.70 bits per heavy atom. The number of benzene rings is 2. The first kappa shape index (κ1) is 22.5. The van der Waals surface area contributed by atoms with Crippen LogP contribution in [0.5, 0.6) is 0 Å². The molecular weight excluding hydrogens is 438 g/mol. The van der Waals surface area contributed by atoms with Crippen LogP contribution in [0.2, 0.25) is 0 Å². The number of carbonyl (C=O) groups is 1. The minimum Gasteiger partial charge on any atom is -0.322 e. The number of aromatic nitrogens is 3. The van der Waals surface area contributed by atoms with Crippen molar-refractivity contribution in [2.75, 3.05) is 15.8 Å². The summed E-state index contributed by atoms with van der Waals surface area (Å²) >= 11 is 0. The Morgan fingerprint density at radius 3 is 2.36 bits per heavy atom. The average Bonchev–Trinajstić information content (AvgIpc) is 3.08. The van der Waals surface area contributed by atoms with E-state index in [0.717, 1.165) is 5.56 Å². The van der Waals surface area contributed by atoms with Gasteiger partial charge in [-0.25, -0.2) is 13.4 Å². The van der Waals surface area contributed by atoms with E-state index in [1.54, 1.807) is 49.0 Å². The largest absolute Gasteiger partial charge is 0.322 e. The molecule has 4 rings (SSSR count). The number of pyridine rings is 1. The van der Waals surface area contributed by atoms with Crippen molar-refractivity contribution in [2.45, 2.75) is 20.3 Å². The Bertz CT molecular complexity index is 1410. The molecule has 2 aromatic carbocycles. The summed E-state index contributed by atoms with van der Waals surface area (Å²) in [6.45, 7) is 3.65. The molecule has 0 aliphatic rings. The van der Waals surface area contributed by atoms with Gasteiger partial charge in [-0.15, -0.1) is 0 Å². The van der Waals surface area contributed by atoms with Crippen LogP contribution in [0.3, 0.4) is 0 Å². The Kier molecular flexibility index (Phi) is 6.15. The Hall–Kier alpha value is -3.72. The lowest BCUT2D eigenvalue weighted by molar-refractivity contribution is 0.102. The topological polar surface area (TPSA) is 106 Å². The van der Waals surface area contributed by atoms with Gasteiger partial charge in [-0.3, -0.25) is 14.2 Å². The van der Waals surface area contributed by atoms with Gasteiger partial charge < -0.3 is 5.32 Å². The van der Waals surface area contributed by atoms with Crippen molar-refractivity contribution in [3.8, 4) is 11.3 Å². The van der Waals surface area contributed by atoms with E-state index in [9.17, 15) is 13.2 Å². The molecule has 0 radical (unpaired) electrons. The summed E-state index contributed by atoms with van der Waals surface area (Å²) in [6.07, 6.45) is 0.530. The number of aryl methyl sites for hydroxylation is 2. The zero-order chi connectivity index (χ0) is 23.6. The van der Waals surface area contributed by atoms with Gasteiger partial charge in [0.1, 0.15) is 0 Å². The third-order valence-electron chi connectivity index (χ3n) is 5.17. The van der Waals surface area contributed by atoms with Gasteiger partial charge in [-0.1, -0.05) is 37.3 Å². The van der Waals surface area contributed by atoms with Crippen LogP contribution in [0.15, 0.2) is 60.7 Å². The van der Waals surface area contributed by atoms with Gasteiger partial charge in [0.05, 0.1) is 28.1 Å². The Labute approximate surface area is 192 Å². The first-order chi connectivity index (χ1) is 15.8. The van der Waals surface area contributed by atoms with Crippen molar-refractivity contribution in [3.05, 3.63) is 71.9 Å². The normalized spacial score (nSPS) is 11.5. The van der Waals surface area contributed by atoms with E-state index in [1.807, 2.05) is 37.3 Å². The highest BCUT2D eigenvalue weighted by molar-refractivity contribution is 7.92. The number of rotatable bonds is 7.